The fourth-order valence-corrected chi connectivity index (χ4v) is 3.67. The molecule has 8 heteroatoms. The number of nitrogens with zero attached hydrogens (tertiary/aromatic N) is 6. The Balaban J connectivity index is 1.45. The second kappa shape index (κ2) is 6.59. The van der Waals surface area contributed by atoms with Crippen LogP contribution in [0.4, 0.5) is 0 Å². The van der Waals surface area contributed by atoms with Crippen molar-refractivity contribution in [3.63, 3.8) is 0 Å². The van der Waals surface area contributed by atoms with Gasteiger partial charge in [-0.15, -0.1) is 11.3 Å². The van der Waals surface area contributed by atoms with Gasteiger partial charge >= 0.3 is 0 Å². The van der Waals surface area contributed by atoms with Crippen LogP contribution in [0.15, 0.2) is 34.7 Å². The van der Waals surface area contributed by atoms with Crippen LogP contribution < -0.4 is 0 Å². The van der Waals surface area contributed by atoms with E-state index in [1.54, 1.807) is 24.0 Å². The zero-order valence-electron chi connectivity index (χ0n) is 12.7. The van der Waals surface area contributed by atoms with E-state index in [0.717, 1.165) is 24.4 Å². The van der Waals surface area contributed by atoms with E-state index < -0.39 is 0 Å². The molecular formula is C15H18N6OS. The Bertz CT molecular complexity index is 723. The van der Waals surface area contributed by atoms with Gasteiger partial charge < -0.3 is 4.52 Å². The third-order valence-electron chi connectivity index (χ3n) is 4.16. The van der Waals surface area contributed by atoms with Crippen molar-refractivity contribution in [1.82, 2.24) is 29.8 Å². The molecule has 0 N–H and O–H groups in total. The largest absolute Gasteiger partial charge is 0.338 e. The Hall–Kier alpha value is -2.06. The molecule has 0 radical (unpaired) electrons. The first kappa shape index (κ1) is 14.5. The summed E-state index contributed by atoms with van der Waals surface area (Å²) in [5.74, 6) is 1.36. The van der Waals surface area contributed by atoms with Crippen molar-refractivity contribution in [3.05, 3.63) is 36.1 Å². The number of rotatable bonds is 5. The number of likely N-dealkylation sites (tertiary alicyclic amines) is 1. The fourth-order valence-electron chi connectivity index (χ4n) is 3.02. The van der Waals surface area contributed by atoms with Crippen molar-refractivity contribution in [2.45, 2.75) is 38.4 Å². The van der Waals surface area contributed by atoms with Gasteiger partial charge in [0.25, 0.3) is 0 Å². The predicted octanol–water partition coefficient (Wildman–Crippen LogP) is 2.44. The van der Waals surface area contributed by atoms with Crippen LogP contribution in [0, 0.1) is 0 Å². The highest BCUT2D eigenvalue weighted by Gasteiger charge is 2.25. The van der Waals surface area contributed by atoms with E-state index in [1.807, 2.05) is 22.2 Å². The topological polar surface area (TPSA) is 72.9 Å². The summed E-state index contributed by atoms with van der Waals surface area (Å²) in [6.45, 7) is 2.60. The molecule has 0 amide bonds. The van der Waals surface area contributed by atoms with Crippen molar-refractivity contribution in [1.29, 1.82) is 0 Å². The molecule has 23 heavy (non-hydrogen) atoms. The monoisotopic (exact) mass is 330 g/mol. The maximum absolute atomic E-state index is 5.44. The lowest BCUT2D eigenvalue weighted by molar-refractivity contribution is 0.108. The summed E-state index contributed by atoms with van der Waals surface area (Å²) in [6.07, 6.45) is 6.97. The van der Waals surface area contributed by atoms with E-state index in [-0.39, 0.29) is 0 Å². The normalized spacial score (nSPS) is 19.2. The van der Waals surface area contributed by atoms with Gasteiger partial charge in [0.1, 0.15) is 12.7 Å². The van der Waals surface area contributed by atoms with Gasteiger partial charge in [0.05, 0.1) is 18.0 Å². The Morgan fingerprint density at radius 2 is 2.35 bits per heavy atom. The second-order valence-corrected chi connectivity index (χ2v) is 6.67. The molecule has 1 atom stereocenters. The van der Waals surface area contributed by atoms with Crippen LogP contribution in [-0.2, 0) is 13.1 Å². The maximum Gasteiger partial charge on any atom is 0.241 e. The van der Waals surface area contributed by atoms with Crippen LogP contribution in [0.5, 0.6) is 0 Å². The molecule has 3 aromatic heterocycles. The van der Waals surface area contributed by atoms with Crippen LogP contribution >= 0.6 is 11.3 Å². The highest BCUT2D eigenvalue weighted by molar-refractivity contribution is 7.13. The average molecular weight is 330 g/mol. The first-order chi connectivity index (χ1) is 11.4. The SMILES string of the molecule is c1csc(-c2noc(CN3CCCCC3Cn3cncn3)n2)c1. The van der Waals surface area contributed by atoms with Crippen molar-refractivity contribution >= 4 is 11.3 Å². The minimum atomic E-state index is 0.433. The van der Waals surface area contributed by atoms with Crippen LogP contribution in [0.25, 0.3) is 10.7 Å². The first-order valence-corrected chi connectivity index (χ1v) is 8.69. The molecular weight excluding hydrogens is 312 g/mol. The Morgan fingerprint density at radius 3 is 3.17 bits per heavy atom. The van der Waals surface area contributed by atoms with E-state index in [9.17, 15) is 0 Å². The molecule has 0 aromatic carbocycles. The lowest BCUT2D eigenvalue weighted by Gasteiger charge is -2.34. The molecule has 1 aliphatic rings. The molecule has 1 unspecified atom stereocenters. The number of hydrogen-bond acceptors (Lipinski definition) is 7. The van der Waals surface area contributed by atoms with Gasteiger partial charge in [0.15, 0.2) is 0 Å². The molecule has 0 aliphatic carbocycles. The van der Waals surface area contributed by atoms with Crippen molar-refractivity contribution in [2.24, 2.45) is 0 Å². The van der Waals surface area contributed by atoms with Gasteiger partial charge in [0, 0.05) is 6.04 Å². The lowest BCUT2D eigenvalue weighted by atomic mass is 10.0. The fraction of sp³-hybridized carbons (Fsp3) is 0.467. The molecule has 120 valence electrons. The highest BCUT2D eigenvalue weighted by atomic mass is 32.1. The van der Waals surface area contributed by atoms with Gasteiger partial charge in [-0.25, -0.2) is 4.98 Å². The molecule has 4 rings (SSSR count). The standard InChI is InChI=1S/C15H18N6OS/c1-2-6-20(12(4-1)8-21-11-16-10-17-21)9-14-18-15(19-22-14)13-5-3-7-23-13/h3,5,7,10-12H,1-2,4,6,8-9H2. The van der Waals surface area contributed by atoms with E-state index in [4.69, 9.17) is 4.52 Å². The molecule has 7 nitrogen and oxygen atoms in total. The maximum atomic E-state index is 5.44. The molecule has 0 bridgehead atoms. The summed E-state index contributed by atoms with van der Waals surface area (Å²) in [7, 11) is 0. The van der Waals surface area contributed by atoms with Gasteiger partial charge in [-0.3, -0.25) is 9.58 Å². The van der Waals surface area contributed by atoms with E-state index in [2.05, 4.69) is 25.1 Å². The summed E-state index contributed by atoms with van der Waals surface area (Å²) in [4.78, 5) is 12.0. The summed E-state index contributed by atoms with van der Waals surface area (Å²) in [6, 6.07) is 4.44. The number of piperidine rings is 1. The number of hydrogen-bond donors (Lipinski definition) is 0. The van der Waals surface area contributed by atoms with Gasteiger partial charge in [-0.05, 0) is 30.8 Å². The molecule has 1 fully saturated rings. The van der Waals surface area contributed by atoms with E-state index in [0.29, 0.717) is 24.3 Å². The van der Waals surface area contributed by atoms with Gasteiger partial charge in [-0.2, -0.15) is 10.1 Å². The lowest BCUT2D eigenvalue weighted by Crippen LogP contribution is -2.41. The van der Waals surface area contributed by atoms with Crippen LogP contribution in [0.1, 0.15) is 25.2 Å². The smallest absolute Gasteiger partial charge is 0.241 e. The van der Waals surface area contributed by atoms with Gasteiger partial charge in [0.2, 0.25) is 11.7 Å². The molecule has 0 spiro atoms. The van der Waals surface area contributed by atoms with Crippen molar-refractivity contribution < 1.29 is 4.52 Å². The van der Waals surface area contributed by atoms with E-state index >= 15 is 0 Å². The minimum absolute atomic E-state index is 0.433. The van der Waals surface area contributed by atoms with E-state index in [1.165, 1.54) is 12.8 Å². The van der Waals surface area contributed by atoms with Crippen LogP contribution in [0.3, 0.4) is 0 Å². The molecule has 0 saturated carbocycles. The summed E-state index contributed by atoms with van der Waals surface area (Å²) in [5.41, 5.74) is 0. The summed E-state index contributed by atoms with van der Waals surface area (Å²) >= 11 is 1.62. The first-order valence-electron chi connectivity index (χ1n) is 7.81. The third kappa shape index (κ3) is 3.32. The second-order valence-electron chi connectivity index (χ2n) is 5.73. The predicted molar refractivity (Wildman–Crippen MR) is 85.7 cm³/mol. The summed E-state index contributed by atoms with van der Waals surface area (Å²) in [5, 5.41) is 10.3. The van der Waals surface area contributed by atoms with Crippen LogP contribution in [-0.4, -0.2) is 42.4 Å². The van der Waals surface area contributed by atoms with Crippen molar-refractivity contribution in [3.8, 4) is 10.7 Å². The minimum Gasteiger partial charge on any atom is -0.338 e. The Kier molecular flexibility index (Phi) is 4.16. The molecule has 3 aromatic rings. The zero-order valence-corrected chi connectivity index (χ0v) is 13.5. The highest BCUT2D eigenvalue weighted by Crippen LogP contribution is 2.24. The average Bonchev–Trinajstić information content (AvgIpc) is 3.31. The van der Waals surface area contributed by atoms with Crippen molar-refractivity contribution in [2.75, 3.05) is 6.54 Å². The molecule has 1 saturated heterocycles. The quantitative estimate of drug-likeness (QED) is 0.715. The Morgan fingerprint density at radius 1 is 1.35 bits per heavy atom. The number of aromatic nitrogens is 5. The Labute approximate surface area is 138 Å². The summed E-state index contributed by atoms with van der Waals surface area (Å²) < 4.78 is 7.34. The molecule has 1 aliphatic heterocycles. The zero-order chi connectivity index (χ0) is 15.5. The third-order valence-corrected chi connectivity index (χ3v) is 5.03. The number of thiophene rings is 1. The van der Waals surface area contributed by atoms with Crippen LogP contribution in [0.2, 0.25) is 0 Å². The molecule has 4 heterocycles. The van der Waals surface area contributed by atoms with Gasteiger partial charge in [-0.1, -0.05) is 17.6 Å².